The molecule has 0 atom stereocenters. The smallest absolute Gasteiger partial charge is 0.341 e. The van der Waals surface area contributed by atoms with E-state index in [2.05, 4.69) is 0 Å². The molecule has 0 bridgehead atoms. The van der Waals surface area contributed by atoms with Gasteiger partial charge in [0.05, 0.1) is 6.42 Å². The van der Waals surface area contributed by atoms with Crippen LogP contribution in [0.1, 0.15) is 16.7 Å². The molecule has 0 aliphatic rings. The molecule has 200 valence electrons. The number of hydrogen-bond acceptors (Lipinski definition) is 5. The summed E-state index contributed by atoms with van der Waals surface area (Å²) < 4.78 is 11.1. The highest BCUT2D eigenvalue weighted by Gasteiger charge is 2.15. The van der Waals surface area contributed by atoms with Crippen LogP contribution in [-0.4, -0.2) is 73.1 Å². The van der Waals surface area contributed by atoms with Crippen molar-refractivity contribution in [3.05, 3.63) is 95.6 Å². The van der Waals surface area contributed by atoms with Gasteiger partial charge in [0.15, 0.2) is 13.2 Å². The van der Waals surface area contributed by atoms with Crippen LogP contribution in [0.3, 0.4) is 0 Å². The van der Waals surface area contributed by atoms with Crippen molar-refractivity contribution in [2.45, 2.75) is 19.3 Å². The van der Waals surface area contributed by atoms with E-state index in [1.165, 1.54) is 6.07 Å². The van der Waals surface area contributed by atoms with Gasteiger partial charge in [-0.25, -0.2) is 4.79 Å². The number of rotatable bonds is 14. The number of hydrogen-bond donors (Lipinski definition) is 1. The number of likely N-dealkylation sites (N-methyl/N-ethyl adjacent to an activating group) is 2. The number of nitrogens with zero attached hydrogens (tertiary/aromatic N) is 2. The summed E-state index contributed by atoms with van der Waals surface area (Å²) in [6.45, 7) is 0.376. The molecule has 3 aromatic rings. The SMILES string of the molecule is CN(CCc1ccccc1)C(=O)COc1cc(CC(=O)N(C)CCc2ccccc2)cc(OCC(=O)O)c1. The minimum atomic E-state index is -1.12. The molecular weight excluding hydrogens is 484 g/mol. The maximum atomic E-state index is 12.9. The van der Waals surface area contributed by atoms with E-state index in [0.717, 1.165) is 24.0 Å². The van der Waals surface area contributed by atoms with Gasteiger partial charge in [0.2, 0.25) is 5.91 Å². The highest BCUT2D eigenvalue weighted by Crippen LogP contribution is 2.24. The number of carboxylic acids is 1. The number of carbonyl (C=O) groups is 3. The summed E-state index contributed by atoms with van der Waals surface area (Å²) in [7, 11) is 3.47. The average Bonchev–Trinajstić information content (AvgIpc) is 2.93. The molecule has 0 aliphatic heterocycles. The lowest BCUT2D eigenvalue weighted by Gasteiger charge is -2.19. The zero-order chi connectivity index (χ0) is 27.3. The van der Waals surface area contributed by atoms with Crippen molar-refractivity contribution >= 4 is 17.8 Å². The summed E-state index contributed by atoms with van der Waals surface area (Å²) in [5.41, 5.74) is 2.88. The third-order valence-corrected chi connectivity index (χ3v) is 6.03. The lowest BCUT2D eigenvalue weighted by molar-refractivity contribution is -0.139. The molecule has 0 heterocycles. The first-order valence-electron chi connectivity index (χ1n) is 12.5. The first-order valence-corrected chi connectivity index (χ1v) is 12.5. The first-order chi connectivity index (χ1) is 18.3. The highest BCUT2D eigenvalue weighted by molar-refractivity contribution is 5.79. The topological polar surface area (TPSA) is 96.4 Å². The van der Waals surface area contributed by atoms with Crippen LogP contribution in [0.15, 0.2) is 78.9 Å². The molecule has 8 heteroatoms. The van der Waals surface area contributed by atoms with Crippen LogP contribution >= 0.6 is 0 Å². The Balaban J connectivity index is 1.59. The predicted octanol–water partition coefficient (Wildman–Crippen LogP) is 3.47. The van der Waals surface area contributed by atoms with Crippen molar-refractivity contribution in [2.75, 3.05) is 40.4 Å². The van der Waals surface area contributed by atoms with E-state index in [-0.39, 0.29) is 30.6 Å². The van der Waals surface area contributed by atoms with Gasteiger partial charge in [0.25, 0.3) is 5.91 Å². The number of amides is 2. The maximum Gasteiger partial charge on any atom is 0.341 e. The summed E-state index contributed by atoms with van der Waals surface area (Å²) in [4.78, 5) is 39.7. The van der Waals surface area contributed by atoms with Crippen molar-refractivity contribution in [1.29, 1.82) is 0 Å². The van der Waals surface area contributed by atoms with Crippen molar-refractivity contribution in [3.8, 4) is 11.5 Å². The summed E-state index contributed by atoms with van der Waals surface area (Å²) >= 11 is 0. The quantitative estimate of drug-likeness (QED) is 0.351. The van der Waals surface area contributed by atoms with Crippen LogP contribution in [0.4, 0.5) is 0 Å². The zero-order valence-electron chi connectivity index (χ0n) is 21.8. The Labute approximate surface area is 223 Å². The van der Waals surface area contributed by atoms with Gasteiger partial charge in [-0.05, 0) is 41.7 Å². The van der Waals surface area contributed by atoms with E-state index < -0.39 is 12.6 Å². The van der Waals surface area contributed by atoms with Crippen molar-refractivity contribution in [1.82, 2.24) is 9.80 Å². The third-order valence-electron chi connectivity index (χ3n) is 6.03. The van der Waals surface area contributed by atoms with Crippen LogP contribution < -0.4 is 9.47 Å². The third kappa shape index (κ3) is 9.61. The van der Waals surface area contributed by atoms with Gasteiger partial charge in [-0.3, -0.25) is 9.59 Å². The molecule has 0 radical (unpaired) electrons. The molecule has 0 aromatic heterocycles. The highest BCUT2D eigenvalue weighted by atomic mass is 16.5. The van der Waals surface area contributed by atoms with E-state index in [1.807, 2.05) is 60.7 Å². The van der Waals surface area contributed by atoms with Crippen LogP contribution in [-0.2, 0) is 33.6 Å². The van der Waals surface area contributed by atoms with E-state index in [0.29, 0.717) is 24.4 Å². The largest absolute Gasteiger partial charge is 0.484 e. The predicted molar refractivity (Wildman–Crippen MR) is 144 cm³/mol. The first kappa shape index (κ1) is 28.2. The fraction of sp³-hybridized carbons (Fsp3) is 0.300. The van der Waals surface area contributed by atoms with Gasteiger partial charge >= 0.3 is 5.97 Å². The molecule has 0 saturated heterocycles. The summed E-state index contributed by atoms with van der Waals surface area (Å²) in [5.74, 6) is -0.836. The molecule has 1 N–H and O–H groups in total. The number of carbonyl (C=O) groups excluding carboxylic acids is 2. The fourth-order valence-electron chi connectivity index (χ4n) is 3.74. The number of aliphatic carboxylic acids is 1. The van der Waals surface area contributed by atoms with Crippen LogP contribution in [0, 0.1) is 0 Å². The fourth-order valence-corrected chi connectivity index (χ4v) is 3.74. The van der Waals surface area contributed by atoms with Gasteiger partial charge in [-0.2, -0.15) is 0 Å². The second-order valence-electron chi connectivity index (χ2n) is 9.06. The molecule has 8 nitrogen and oxygen atoms in total. The molecular formula is C30H34N2O6. The average molecular weight is 519 g/mol. The lowest BCUT2D eigenvalue weighted by Crippen LogP contribution is -2.33. The molecule has 0 aliphatic carbocycles. The standard InChI is InChI=1S/C30H34N2O6/c1-31(15-13-23-9-5-3-6-10-23)28(33)19-25-17-26(20-27(18-25)38-22-30(35)36)37-21-29(34)32(2)16-14-24-11-7-4-8-12-24/h3-12,17-18,20H,13-16,19,21-22H2,1-2H3,(H,35,36). The Bertz CT molecular complexity index is 1200. The molecule has 0 saturated carbocycles. The Hall–Kier alpha value is -4.33. The normalized spacial score (nSPS) is 10.5. The molecule has 2 amide bonds. The zero-order valence-corrected chi connectivity index (χ0v) is 21.8. The van der Waals surface area contributed by atoms with Gasteiger partial charge < -0.3 is 24.4 Å². The molecule has 0 spiro atoms. The van der Waals surface area contributed by atoms with Gasteiger partial charge in [0, 0.05) is 33.3 Å². The molecule has 0 fully saturated rings. The molecule has 0 unspecified atom stereocenters. The van der Waals surface area contributed by atoms with Gasteiger partial charge in [0.1, 0.15) is 11.5 Å². The number of benzene rings is 3. The van der Waals surface area contributed by atoms with Crippen molar-refractivity contribution < 1.29 is 29.0 Å². The van der Waals surface area contributed by atoms with E-state index in [1.54, 1.807) is 36.0 Å². The second kappa shape index (κ2) is 14.4. The van der Waals surface area contributed by atoms with E-state index in [9.17, 15) is 14.4 Å². The second-order valence-corrected chi connectivity index (χ2v) is 9.06. The Morgan fingerprint density at radius 1 is 0.658 bits per heavy atom. The van der Waals surface area contributed by atoms with Crippen LogP contribution in [0.25, 0.3) is 0 Å². The maximum absolute atomic E-state index is 12.9. The Morgan fingerprint density at radius 3 is 1.63 bits per heavy atom. The monoisotopic (exact) mass is 518 g/mol. The molecule has 38 heavy (non-hydrogen) atoms. The lowest BCUT2D eigenvalue weighted by atomic mass is 10.1. The van der Waals surface area contributed by atoms with E-state index >= 15 is 0 Å². The molecule has 3 aromatic carbocycles. The summed E-state index contributed by atoms with van der Waals surface area (Å²) in [6, 6.07) is 24.6. The number of carboxylic acid groups (broad SMARTS) is 1. The van der Waals surface area contributed by atoms with Crippen molar-refractivity contribution in [3.63, 3.8) is 0 Å². The van der Waals surface area contributed by atoms with Crippen molar-refractivity contribution in [2.24, 2.45) is 0 Å². The minimum absolute atomic E-state index is 0.0802. The summed E-state index contributed by atoms with van der Waals surface area (Å²) in [5, 5.41) is 8.99. The van der Waals surface area contributed by atoms with Crippen LogP contribution in [0.2, 0.25) is 0 Å². The minimum Gasteiger partial charge on any atom is -0.484 e. The Kier molecular flexibility index (Phi) is 10.7. The van der Waals surface area contributed by atoms with Gasteiger partial charge in [-0.15, -0.1) is 0 Å². The van der Waals surface area contributed by atoms with E-state index in [4.69, 9.17) is 14.6 Å². The Morgan fingerprint density at radius 2 is 1.13 bits per heavy atom. The number of ether oxygens (including phenoxy) is 2. The molecule has 3 rings (SSSR count). The van der Waals surface area contributed by atoms with Crippen LogP contribution in [0.5, 0.6) is 11.5 Å². The summed E-state index contributed by atoms with van der Waals surface area (Å²) in [6.07, 6.45) is 1.54. The van der Waals surface area contributed by atoms with Gasteiger partial charge in [-0.1, -0.05) is 60.7 Å².